The average molecular weight is 632 g/mol. The van der Waals surface area contributed by atoms with Crippen LogP contribution in [0, 0.1) is 17.8 Å². The number of fused-ring (bicyclic) bond motifs is 3. The van der Waals surface area contributed by atoms with Crippen LogP contribution in [-0.4, -0.2) is 42.7 Å². The van der Waals surface area contributed by atoms with Crippen LogP contribution in [0.25, 0.3) is 12.2 Å². The van der Waals surface area contributed by atoms with E-state index < -0.39 is 23.7 Å². The van der Waals surface area contributed by atoms with E-state index in [0.29, 0.717) is 51.8 Å². The molecular formula is C38H33NO8. The first-order valence-electron chi connectivity index (χ1n) is 15.5. The van der Waals surface area contributed by atoms with Crippen LogP contribution in [0.2, 0.25) is 0 Å². The fourth-order valence-corrected chi connectivity index (χ4v) is 7.49. The average Bonchev–Trinajstić information content (AvgIpc) is 3.67. The lowest BCUT2D eigenvalue weighted by molar-refractivity contribution is -0.123. The minimum Gasteiger partial charge on any atom is -0.497 e. The number of ether oxygens (including phenoxy) is 2. The van der Waals surface area contributed by atoms with Crippen molar-refractivity contribution in [2.45, 2.75) is 32.3 Å². The highest BCUT2D eigenvalue weighted by Gasteiger charge is 2.57. The number of Topliss-reactive ketones (excluding diaryl/α,β-unsaturated/α-hetero) is 1. The second-order valence-corrected chi connectivity index (χ2v) is 12.2. The molecule has 3 aromatic rings. The third-order valence-electron chi connectivity index (χ3n) is 9.73. The zero-order valence-electron chi connectivity index (χ0n) is 26.2. The van der Waals surface area contributed by atoms with Gasteiger partial charge in [0.25, 0.3) is 0 Å². The van der Waals surface area contributed by atoms with Gasteiger partial charge in [0, 0.05) is 22.3 Å². The maximum atomic E-state index is 14.2. The molecule has 7 rings (SSSR count). The number of furan rings is 1. The summed E-state index contributed by atoms with van der Waals surface area (Å²) >= 11 is 0. The molecule has 2 heterocycles. The van der Waals surface area contributed by atoms with Crippen LogP contribution in [-0.2, 0) is 25.8 Å². The van der Waals surface area contributed by atoms with E-state index in [-0.39, 0.29) is 36.4 Å². The van der Waals surface area contributed by atoms with E-state index in [1.807, 2.05) is 48.6 Å². The standard InChI is InChI=1S/C38H33NO8/c1-20-16-30(41)34-29(36(20)42)18-28-26(35(34)32-15-11-25(19-40)47-32)12-13-27-33(28)38(44)39(37(27)43)23-8-5-21(6-9-23)4-7-22-17-24(45-2)10-14-31(22)46-3/h4-12,14-17,27-28,33,35,40H,13,18-19H2,1-3H3/t27-,28+,33-,35+/m0/s1. The number of ketones is 2. The van der Waals surface area contributed by atoms with Gasteiger partial charge in [-0.25, -0.2) is 0 Å². The van der Waals surface area contributed by atoms with Gasteiger partial charge >= 0.3 is 0 Å². The van der Waals surface area contributed by atoms with Crippen LogP contribution < -0.4 is 14.4 Å². The fourth-order valence-electron chi connectivity index (χ4n) is 7.49. The number of nitrogens with zero attached hydrogens (tertiary/aromatic N) is 1. The highest BCUT2D eigenvalue weighted by atomic mass is 16.5. The zero-order chi connectivity index (χ0) is 33.0. The van der Waals surface area contributed by atoms with Gasteiger partial charge < -0.3 is 19.0 Å². The molecule has 9 nitrogen and oxygen atoms in total. The molecule has 0 spiro atoms. The number of carbonyl (C=O) groups is 4. The lowest BCUT2D eigenvalue weighted by Crippen LogP contribution is -2.39. The van der Waals surface area contributed by atoms with Gasteiger partial charge in [-0.1, -0.05) is 35.9 Å². The third-order valence-corrected chi connectivity index (χ3v) is 9.73. The molecule has 1 saturated heterocycles. The molecule has 1 fully saturated rings. The van der Waals surface area contributed by atoms with Crippen molar-refractivity contribution in [3.8, 4) is 11.5 Å². The maximum absolute atomic E-state index is 14.2. The first-order valence-corrected chi connectivity index (χ1v) is 15.5. The van der Waals surface area contributed by atoms with E-state index in [0.717, 1.165) is 16.7 Å². The molecule has 0 radical (unpaired) electrons. The Morgan fingerprint density at radius 1 is 0.936 bits per heavy atom. The minimum atomic E-state index is -0.694. The van der Waals surface area contributed by atoms with Crippen LogP contribution in [0.4, 0.5) is 5.69 Å². The second-order valence-electron chi connectivity index (χ2n) is 12.2. The van der Waals surface area contributed by atoms with Gasteiger partial charge in [-0.15, -0.1) is 0 Å². The summed E-state index contributed by atoms with van der Waals surface area (Å²) in [5.74, 6) is -1.37. The van der Waals surface area contributed by atoms with Crippen molar-refractivity contribution >= 4 is 41.2 Å². The predicted octanol–water partition coefficient (Wildman–Crippen LogP) is 5.59. The summed E-state index contributed by atoms with van der Waals surface area (Å²) in [7, 11) is 3.21. The second kappa shape index (κ2) is 11.8. The van der Waals surface area contributed by atoms with E-state index in [1.165, 1.54) is 11.0 Å². The molecular weight excluding hydrogens is 598 g/mol. The molecule has 4 aliphatic rings. The molecule has 1 aromatic heterocycles. The van der Waals surface area contributed by atoms with Crippen LogP contribution >= 0.6 is 0 Å². The van der Waals surface area contributed by atoms with E-state index in [2.05, 4.69) is 0 Å². The topological polar surface area (TPSA) is 123 Å². The lowest BCUT2D eigenvalue weighted by atomic mass is 9.60. The van der Waals surface area contributed by atoms with Gasteiger partial charge in [0.15, 0.2) is 11.6 Å². The molecule has 1 aliphatic heterocycles. The first-order chi connectivity index (χ1) is 22.7. The van der Waals surface area contributed by atoms with Gasteiger partial charge in [-0.05, 0) is 79.8 Å². The third kappa shape index (κ3) is 4.98. The Kier molecular flexibility index (Phi) is 7.64. The van der Waals surface area contributed by atoms with Crippen molar-refractivity contribution in [1.29, 1.82) is 0 Å². The number of amides is 2. The summed E-state index contributed by atoms with van der Waals surface area (Å²) in [5.41, 5.74) is 4.03. The monoisotopic (exact) mass is 631 g/mol. The number of rotatable bonds is 7. The summed E-state index contributed by atoms with van der Waals surface area (Å²) in [4.78, 5) is 56.1. The number of methoxy groups -OCH3 is 2. The molecule has 0 bridgehead atoms. The number of imide groups is 1. The number of hydrogen-bond acceptors (Lipinski definition) is 8. The van der Waals surface area contributed by atoms with Crippen molar-refractivity contribution in [2.75, 3.05) is 19.1 Å². The lowest BCUT2D eigenvalue weighted by Gasteiger charge is -2.41. The van der Waals surface area contributed by atoms with Gasteiger partial charge in [0.05, 0.1) is 37.7 Å². The molecule has 2 amide bonds. The Bertz CT molecular complexity index is 1960. The van der Waals surface area contributed by atoms with Crippen LogP contribution in [0.15, 0.2) is 93.5 Å². The fraction of sp³-hybridized carbons (Fsp3) is 0.263. The largest absolute Gasteiger partial charge is 0.497 e. The Morgan fingerprint density at radius 2 is 1.72 bits per heavy atom. The van der Waals surface area contributed by atoms with Crippen LogP contribution in [0.1, 0.15) is 48.3 Å². The van der Waals surface area contributed by atoms with Gasteiger partial charge in [0.1, 0.15) is 29.6 Å². The number of aliphatic hydroxyl groups is 1. The number of aliphatic hydroxyl groups excluding tert-OH is 1. The summed E-state index contributed by atoms with van der Waals surface area (Å²) in [5, 5.41) is 9.66. The molecule has 238 valence electrons. The quantitative estimate of drug-likeness (QED) is 0.155. The SMILES string of the molecule is COc1ccc(OC)c(C=Cc2ccc(N3C(=O)[C@H]4[C@H](CC=C5[C@H](c6ccc(CO)o6)C6=C(C[C@H]54)C(=O)C(C)=CC6=O)C3=O)cc2)c1. The normalized spacial score (nSPS) is 23.9. The molecule has 0 unspecified atom stereocenters. The smallest absolute Gasteiger partial charge is 0.238 e. The zero-order valence-corrected chi connectivity index (χ0v) is 26.2. The van der Waals surface area contributed by atoms with Crippen molar-refractivity contribution in [2.24, 2.45) is 17.8 Å². The van der Waals surface area contributed by atoms with E-state index in [9.17, 15) is 24.3 Å². The molecule has 47 heavy (non-hydrogen) atoms. The minimum absolute atomic E-state index is 0.187. The van der Waals surface area contributed by atoms with E-state index in [1.54, 1.807) is 45.4 Å². The summed E-state index contributed by atoms with van der Waals surface area (Å²) in [6.45, 7) is 1.30. The molecule has 2 aromatic carbocycles. The van der Waals surface area contributed by atoms with Crippen molar-refractivity contribution in [3.05, 3.63) is 112 Å². The summed E-state index contributed by atoms with van der Waals surface area (Å²) in [6.07, 6.45) is 7.63. The molecule has 1 N–H and O–H groups in total. The highest BCUT2D eigenvalue weighted by Crippen LogP contribution is 2.55. The number of carbonyl (C=O) groups excluding carboxylic acids is 4. The van der Waals surface area contributed by atoms with Crippen molar-refractivity contribution in [1.82, 2.24) is 0 Å². The van der Waals surface area contributed by atoms with E-state index in [4.69, 9.17) is 13.9 Å². The number of hydrogen-bond donors (Lipinski definition) is 1. The van der Waals surface area contributed by atoms with Crippen LogP contribution in [0.3, 0.4) is 0 Å². The summed E-state index contributed by atoms with van der Waals surface area (Å²) < 4.78 is 16.7. The van der Waals surface area contributed by atoms with Gasteiger partial charge in [-0.3, -0.25) is 24.1 Å². The van der Waals surface area contributed by atoms with Crippen molar-refractivity contribution in [3.63, 3.8) is 0 Å². The van der Waals surface area contributed by atoms with Gasteiger partial charge in [-0.2, -0.15) is 0 Å². The Balaban J connectivity index is 1.19. The first kappa shape index (κ1) is 30.4. The maximum Gasteiger partial charge on any atom is 0.238 e. The van der Waals surface area contributed by atoms with E-state index >= 15 is 0 Å². The summed E-state index contributed by atoms with van der Waals surface area (Å²) in [6, 6.07) is 16.1. The van der Waals surface area contributed by atoms with Crippen molar-refractivity contribution < 1.29 is 38.2 Å². The van der Waals surface area contributed by atoms with Crippen LogP contribution in [0.5, 0.6) is 11.5 Å². The Morgan fingerprint density at radius 3 is 2.43 bits per heavy atom. The molecule has 4 atom stereocenters. The number of allylic oxidation sites excluding steroid dienone is 6. The Labute approximate surface area is 271 Å². The number of anilines is 1. The highest BCUT2D eigenvalue weighted by molar-refractivity contribution is 6.25. The predicted molar refractivity (Wildman–Crippen MR) is 173 cm³/mol. The Hall–Kier alpha value is -5.28. The number of benzene rings is 2. The molecule has 9 heteroatoms. The molecule has 0 saturated carbocycles. The van der Waals surface area contributed by atoms with Gasteiger partial charge in [0.2, 0.25) is 11.8 Å². The molecule has 3 aliphatic carbocycles.